The number of nitrogens with two attached hydrogens (primary N) is 1. The van der Waals surface area contributed by atoms with Crippen molar-refractivity contribution in [3.63, 3.8) is 0 Å². The summed E-state index contributed by atoms with van der Waals surface area (Å²) < 4.78 is 15.6. The summed E-state index contributed by atoms with van der Waals surface area (Å²) in [6, 6.07) is 9.78. The second kappa shape index (κ2) is 8.89. The molecule has 2 fully saturated rings. The number of fused-ring (bicyclic) bond motifs is 1. The number of piperazine rings is 1. The van der Waals surface area contributed by atoms with Crippen molar-refractivity contribution in [2.24, 2.45) is 5.92 Å². The molecule has 2 heterocycles. The number of methoxy groups -OCH3 is 3. The van der Waals surface area contributed by atoms with Crippen LogP contribution in [0.2, 0.25) is 0 Å². The van der Waals surface area contributed by atoms with Crippen molar-refractivity contribution >= 4 is 28.6 Å². The minimum absolute atomic E-state index is 0.261. The number of carbonyl (C=O) groups is 1. The lowest BCUT2D eigenvalue weighted by atomic mass is 10.1. The van der Waals surface area contributed by atoms with Crippen LogP contribution in [-0.4, -0.2) is 68.3 Å². The summed E-state index contributed by atoms with van der Waals surface area (Å²) in [6.07, 6.45) is 2.07. The number of aromatic nitrogens is 2. The zero-order valence-corrected chi connectivity index (χ0v) is 19.7. The fraction of sp³-hybridized carbons (Fsp3) is 0.400. The van der Waals surface area contributed by atoms with Gasteiger partial charge in [0, 0.05) is 48.8 Å². The molecule has 2 aromatic rings. The van der Waals surface area contributed by atoms with Crippen LogP contribution in [0.5, 0.6) is 17.2 Å². The van der Waals surface area contributed by atoms with Crippen LogP contribution in [0.4, 0.5) is 11.8 Å². The fourth-order valence-corrected chi connectivity index (χ4v) is 4.25. The maximum atomic E-state index is 12.2. The average Bonchev–Trinajstić information content (AvgIpc) is 3.70. The van der Waals surface area contributed by atoms with E-state index < -0.39 is 0 Å². The van der Waals surface area contributed by atoms with Crippen molar-refractivity contribution in [2.45, 2.75) is 12.8 Å². The molecule has 0 spiro atoms. The van der Waals surface area contributed by atoms with Crippen molar-refractivity contribution in [1.29, 1.82) is 0 Å². The van der Waals surface area contributed by atoms with Gasteiger partial charge in [0.05, 0.1) is 26.8 Å². The number of benzene rings is 2. The van der Waals surface area contributed by atoms with E-state index in [1.807, 2.05) is 17.0 Å². The summed E-state index contributed by atoms with van der Waals surface area (Å²) in [5, 5.41) is 3.35. The Bertz CT molecular complexity index is 1330. The number of carbonyl (C=O) groups excluding carboxylic acids is 1. The first-order valence-corrected chi connectivity index (χ1v) is 11.4. The predicted molar refractivity (Wildman–Crippen MR) is 129 cm³/mol. The predicted octanol–water partition coefficient (Wildman–Crippen LogP) is 2.58. The molecular formula is C25H29N5O4. The first kappa shape index (κ1) is 22.1. The third kappa shape index (κ3) is 4.02. The second-order valence-electron chi connectivity index (χ2n) is 8.63. The molecule has 1 aromatic carbocycles. The number of amides is 1. The molecule has 1 amide bonds. The highest BCUT2D eigenvalue weighted by Gasteiger charge is 2.35. The van der Waals surface area contributed by atoms with Crippen LogP contribution in [0.25, 0.3) is 10.9 Å². The average molecular weight is 464 g/mol. The van der Waals surface area contributed by atoms with Gasteiger partial charge in [-0.3, -0.25) is 4.79 Å². The zero-order valence-electron chi connectivity index (χ0n) is 19.7. The van der Waals surface area contributed by atoms with Gasteiger partial charge in [-0.2, -0.15) is 4.98 Å². The minimum Gasteiger partial charge on any atom is -0.496 e. The standard InChI is InChI=1S/C18H23N5O3.C7H6O/c1-25-14-9-12-13(10-15(14)26-2)20-18(21-16(12)19)23-7-5-22(6-8-23)17(24)11-3-4-11;1-8-7-4-5-2-3-6(5)7/h9-11H,3-8H2,1-2H3,(H2,19,20,21);2-4H,1H3. The lowest BCUT2D eigenvalue weighted by molar-refractivity contribution is -0.132. The maximum Gasteiger partial charge on any atom is 0.228 e. The highest BCUT2D eigenvalue weighted by atomic mass is 16.5. The fourth-order valence-electron chi connectivity index (χ4n) is 4.25. The van der Waals surface area contributed by atoms with Gasteiger partial charge in [0.2, 0.25) is 11.9 Å². The van der Waals surface area contributed by atoms with E-state index in [1.165, 1.54) is 10.4 Å². The molecule has 0 atom stereocenters. The Morgan fingerprint density at radius 1 is 0.912 bits per heavy atom. The number of nitrogens with zero attached hydrogens (tertiary/aromatic N) is 4. The van der Waals surface area contributed by atoms with Crippen LogP contribution >= 0.6 is 0 Å². The highest BCUT2D eigenvalue weighted by Crippen LogP contribution is 2.34. The number of ether oxygens (including phenoxy) is 3. The van der Waals surface area contributed by atoms with Gasteiger partial charge in [-0.1, -0.05) is 12.1 Å². The second-order valence-corrected chi connectivity index (χ2v) is 8.63. The van der Waals surface area contributed by atoms with Gasteiger partial charge in [0.25, 0.3) is 0 Å². The molecule has 1 saturated carbocycles. The van der Waals surface area contributed by atoms with Crippen LogP contribution in [0.3, 0.4) is 0 Å². The molecule has 0 bridgehead atoms. The topological polar surface area (TPSA) is 103 Å². The summed E-state index contributed by atoms with van der Waals surface area (Å²) in [7, 11) is 4.87. The molecule has 9 heteroatoms. The molecule has 2 N–H and O–H groups in total. The Balaban J connectivity index is 0.000000252. The number of rotatable bonds is 5. The lowest BCUT2D eigenvalue weighted by Crippen LogP contribution is -2.49. The smallest absolute Gasteiger partial charge is 0.228 e. The SMILES string of the molecule is COc1cc2ccc1=2.COc1cc2nc(N3CCN(C(=O)C4CC4)CC3)nc(N)c2cc1OC. The molecule has 1 aliphatic heterocycles. The summed E-state index contributed by atoms with van der Waals surface area (Å²) in [5.74, 6) is 3.77. The summed E-state index contributed by atoms with van der Waals surface area (Å²) in [4.78, 5) is 25.3. The monoisotopic (exact) mass is 463 g/mol. The van der Waals surface area contributed by atoms with Crippen LogP contribution in [0.15, 0.2) is 30.3 Å². The van der Waals surface area contributed by atoms with Crippen LogP contribution in [0.1, 0.15) is 12.8 Å². The molecule has 178 valence electrons. The first-order chi connectivity index (χ1) is 16.5. The quantitative estimate of drug-likeness (QED) is 0.482. The molecule has 1 aromatic heterocycles. The molecule has 0 unspecified atom stereocenters. The number of nitrogen functional groups attached to an aromatic ring is 1. The van der Waals surface area contributed by atoms with Crippen molar-refractivity contribution in [1.82, 2.24) is 14.9 Å². The van der Waals surface area contributed by atoms with E-state index in [0.29, 0.717) is 60.9 Å². The van der Waals surface area contributed by atoms with Gasteiger partial charge in [0.15, 0.2) is 11.5 Å². The number of hydrogen-bond donors (Lipinski definition) is 1. The van der Waals surface area contributed by atoms with E-state index in [-0.39, 0.29) is 5.92 Å². The van der Waals surface area contributed by atoms with Crippen LogP contribution in [-0.2, 0) is 4.79 Å². The molecule has 0 radical (unpaired) electrons. The van der Waals surface area contributed by atoms with Crippen molar-refractivity contribution in [2.75, 3.05) is 58.1 Å². The van der Waals surface area contributed by atoms with Crippen molar-refractivity contribution in [3.05, 3.63) is 40.8 Å². The van der Waals surface area contributed by atoms with E-state index in [0.717, 1.165) is 24.0 Å². The van der Waals surface area contributed by atoms with Gasteiger partial charge < -0.3 is 29.7 Å². The minimum atomic E-state index is 0.261. The van der Waals surface area contributed by atoms with E-state index in [2.05, 4.69) is 27.0 Å². The van der Waals surface area contributed by atoms with Gasteiger partial charge >= 0.3 is 0 Å². The normalized spacial score (nSPS) is 16.0. The molecular weight excluding hydrogens is 434 g/mol. The van der Waals surface area contributed by atoms with E-state index in [1.54, 1.807) is 27.4 Å². The Labute approximate surface area is 197 Å². The maximum absolute atomic E-state index is 12.2. The Kier molecular flexibility index (Phi) is 5.77. The van der Waals surface area contributed by atoms with Crippen molar-refractivity contribution in [3.8, 4) is 17.2 Å². The van der Waals surface area contributed by atoms with Crippen molar-refractivity contribution < 1.29 is 19.0 Å². The van der Waals surface area contributed by atoms with Gasteiger partial charge in [-0.05, 0) is 30.2 Å². The summed E-state index contributed by atoms with van der Waals surface area (Å²) >= 11 is 0. The molecule has 3 aliphatic carbocycles. The molecule has 4 aliphatic rings. The number of anilines is 2. The van der Waals surface area contributed by atoms with Crippen LogP contribution < -0.4 is 24.8 Å². The molecule has 9 nitrogen and oxygen atoms in total. The Morgan fingerprint density at radius 2 is 1.59 bits per heavy atom. The van der Waals surface area contributed by atoms with E-state index in [9.17, 15) is 4.79 Å². The van der Waals surface area contributed by atoms with Gasteiger partial charge in [0.1, 0.15) is 11.6 Å². The Hall–Kier alpha value is -3.75. The first-order valence-electron chi connectivity index (χ1n) is 11.4. The molecule has 1 saturated heterocycles. The van der Waals surface area contributed by atoms with Gasteiger partial charge in [-0.15, -0.1) is 0 Å². The van der Waals surface area contributed by atoms with E-state index in [4.69, 9.17) is 19.9 Å². The summed E-state index contributed by atoms with van der Waals surface area (Å²) in [5.41, 5.74) is 6.87. The molecule has 34 heavy (non-hydrogen) atoms. The molecule has 6 rings (SSSR count). The third-order valence-electron chi connectivity index (χ3n) is 6.53. The lowest BCUT2D eigenvalue weighted by Gasteiger charge is -2.35. The zero-order chi connectivity index (χ0) is 23.8. The van der Waals surface area contributed by atoms with E-state index >= 15 is 0 Å². The Morgan fingerprint density at radius 3 is 2.09 bits per heavy atom. The third-order valence-corrected chi connectivity index (χ3v) is 6.53. The highest BCUT2D eigenvalue weighted by molar-refractivity contribution is 5.91. The largest absolute Gasteiger partial charge is 0.496 e. The van der Waals surface area contributed by atoms with Crippen LogP contribution in [0, 0.1) is 16.4 Å². The number of hydrogen-bond acceptors (Lipinski definition) is 8. The van der Waals surface area contributed by atoms with Gasteiger partial charge in [-0.25, -0.2) is 4.98 Å². The summed E-state index contributed by atoms with van der Waals surface area (Å²) in [6.45, 7) is 2.80.